The molecule has 0 aliphatic heterocycles. The Kier molecular flexibility index (Phi) is 5.01. The van der Waals surface area contributed by atoms with Crippen LogP contribution < -0.4 is 0 Å². The Morgan fingerprint density at radius 2 is 1.86 bits per heavy atom. The third-order valence-electron chi connectivity index (χ3n) is 3.77. The van der Waals surface area contributed by atoms with E-state index in [0.29, 0.717) is 0 Å². The molecule has 1 nitrogen and oxygen atoms in total. The summed E-state index contributed by atoms with van der Waals surface area (Å²) in [6.07, 6.45) is 13.5. The lowest BCUT2D eigenvalue weighted by atomic mass is 9.78. The fourth-order valence-corrected chi connectivity index (χ4v) is 6.47. The van der Waals surface area contributed by atoms with Crippen LogP contribution in [0.2, 0.25) is 19.6 Å². The lowest BCUT2D eigenvalue weighted by Gasteiger charge is -2.46. The van der Waals surface area contributed by atoms with E-state index < -0.39 is 8.32 Å². The van der Waals surface area contributed by atoms with Gasteiger partial charge in [-0.05, 0) is 44.0 Å². The van der Waals surface area contributed by atoms with E-state index in [-0.39, 0.29) is 10.3 Å². The first-order valence-corrected chi connectivity index (χ1v) is 12.4. The van der Waals surface area contributed by atoms with Crippen LogP contribution in [0.25, 0.3) is 0 Å². The van der Waals surface area contributed by atoms with Crippen LogP contribution >= 0.6 is 11.8 Å². The largest absolute Gasteiger partial charge is 0.399 e. The summed E-state index contributed by atoms with van der Waals surface area (Å²) >= 11 is 1.91. The molecule has 1 atom stereocenters. The van der Waals surface area contributed by atoms with Crippen LogP contribution in [-0.2, 0) is 4.43 Å². The van der Waals surface area contributed by atoms with Crippen LogP contribution in [0.5, 0.6) is 0 Å². The number of allylic oxidation sites excluding steroid dienone is 5. The van der Waals surface area contributed by atoms with Crippen molar-refractivity contribution in [1.29, 1.82) is 0 Å². The van der Waals surface area contributed by atoms with Gasteiger partial charge in [0, 0.05) is 11.3 Å². The van der Waals surface area contributed by atoms with Crippen molar-refractivity contribution in [3.8, 4) is 0 Å². The molecule has 0 saturated heterocycles. The summed E-state index contributed by atoms with van der Waals surface area (Å²) in [4.78, 5) is 1.10. The average Bonchev–Trinajstić information content (AvgIpc) is 2.81. The molecule has 0 bridgehead atoms. The van der Waals surface area contributed by atoms with Crippen molar-refractivity contribution in [2.45, 2.75) is 65.1 Å². The predicted octanol–water partition coefficient (Wildman–Crippen LogP) is 6.43. The molecule has 22 heavy (non-hydrogen) atoms. The molecule has 3 heteroatoms. The van der Waals surface area contributed by atoms with E-state index in [2.05, 4.69) is 77.7 Å². The number of thioether (sulfide) groups is 1. The first-order chi connectivity index (χ1) is 10.0. The van der Waals surface area contributed by atoms with Gasteiger partial charge in [-0.3, -0.25) is 0 Å². The molecule has 0 saturated carbocycles. The quantitative estimate of drug-likeness (QED) is 0.432. The lowest BCUT2D eigenvalue weighted by molar-refractivity contribution is 0.170. The topological polar surface area (TPSA) is 9.23 Å². The van der Waals surface area contributed by atoms with Crippen molar-refractivity contribution in [1.82, 2.24) is 0 Å². The molecule has 0 heterocycles. The molecule has 0 fully saturated rings. The normalized spacial score (nSPS) is 25.9. The first-order valence-electron chi connectivity index (χ1n) is 8.17. The van der Waals surface area contributed by atoms with Crippen LogP contribution in [0.15, 0.2) is 46.4 Å². The van der Waals surface area contributed by atoms with Gasteiger partial charge in [0.15, 0.2) is 8.32 Å². The molecule has 0 amide bonds. The van der Waals surface area contributed by atoms with Gasteiger partial charge in [0.2, 0.25) is 0 Å². The third kappa shape index (κ3) is 4.27. The van der Waals surface area contributed by atoms with Crippen LogP contribution in [0, 0.1) is 5.41 Å². The van der Waals surface area contributed by atoms with Gasteiger partial charge in [0.1, 0.15) is 4.93 Å². The van der Waals surface area contributed by atoms with Gasteiger partial charge in [-0.25, -0.2) is 0 Å². The second-order valence-corrected chi connectivity index (χ2v) is 14.0. The second-order valence-electron chi connectivity index (χ2n) is 8.27. The van der Waals surface area contributed by atoms with Gasteiger partial charge in [0.05, 0.1) is 0 Å². The molecule has 1 unspecified atom stereocenters. The third-order valence-corrected chi connectivity index (χ3v) is 6.22. The Morgan fingerprint density at radius 1 is 1.18 bits per heavy atom. The number of hydrogen-bond donors (Lipinski definition) is 0. The summed E-state index contributed by atoms with van der Waals surface area (Å²) in [7, 11) is -1.67. The van der Waals surface area contributed by atoms with Crippen molar-refractivity contribution in [3.63, 3.8) is 0 Å². The SMILES string of the molecule is CC1=CCC(O[Si](C)(C)C)(SC2=CCC=C2)C(C(C)(C)C)=C1. The van der Waals surface area contributed by atoms with Crippen LogP contribution in [-0.4, -0.2) is 13.3 Å². The Hall–Kier alpha value is -0.513. The summed E-state index contributed by atoms with van der Waals surface area (Å²) in [5.41, 5.74) is 2.88. The fourth-order valence-electron chi connectivity index (χ4n) is 3.00. The maximum atomic E-state index is 6.83. The zero-order valence-corrected chi connectivity index (χ0v) is 16.9. The molecule has 2 aliphatic carbocycles. The van der Waals surface area contributed by atoms with Crippen LogP contribution in [0.3, 0.4) is 0 Å². The zero-order chi connectivity index (χ0) is 16.6. The van der Waals surface area contributed by atoms with Gasteiger partial charge < -0.3 is 4.43 Å². The standard InChI is InChI=1S/C19H30OSSi/c1-15-12-13-19(20-22(5,6)7,17(14-15)18(2,3)4)21-16-10-8-9-11-16/h8,10-12,14H,9,13H2,1-7H3. The number of rotatable bonds is 4. The van der Waals surface area contributed by atoms with E-state index in [9.17, 15) is 0 Å². The minimum absolute atomic E-state index is 0.102. The highest BCUT2D eigenvalue weighted by Crippen LogP contribution is 2.52. The van der Waals surface area contributed by atoms with E-state index in [1.807, 2.05) is 11.8 Å². The van der Waals surface area contributed by atoms with E-state index >= 15 is 0 Å². The van der Waals surface area contributed by atoms with E-state index in [4.69, 9.17) is 4.43 Å². The Balaban J connectivity index is 2.47. The summed E-state index contributed by atoms with van der Waals surface area (Å²) in [6, 6.07) is 0. The van der Waals surface area contributed by atoms with Crippen molar-refractivity contribution >= 4 is 20.1 Å². The molecule has 0 aromatic rings. The summed E-state index contributed by atoms with van der Waals surface area (Å²) < 4.78 is 6.83. The van der Waals surface area contributed by atoms with Gasteiger partial charge in [-0.1, -0.05) is 68.5 Å². The molecule has 2 rings (SSSR count). The van der Waals surface area contributed by atoms with Crippen molar-refractivity contribution < 1.29 is 4.43 Å². The van der Waals surface area contributed by atoms with E-state index in [0.717, 1.165) is 12.8 Å². The maximum Gasteiger partial charge on any atom is 0.186 e. The summed E-state index contributed by atoms with van der Waals surface area (Å²) in [5, 5.41) is 0. The molecule has 0 spiro atoms. The van der Waals surface area contributed by atoms with Crippen molar-refractivity contribution in [2.24, 2.45) is 5.41 Å². The minimum atomic E-state index is -1.67. The Morgan fingerprint density at radius 3 is 2.36 bits per heavy atom. The highest BCUT2D eigenvalue weighted by atomic mass is 32.2. The van der Waals surface area contributed by atoms with Gasteiger partial charge in [0.25, 0.3) is 0 Å². The van der Waals surface area contributed by atoms with E-state index in [1.165, 1.54) is 16.1 Å². The molecule has 0 aromatic carbocycles. The first kappa shape index (κ1) is 17.8. The Labute approximate surface area is 141 Å². The molecular formula is C19H30OSSi. The molecular weight excluding hydrogens is 304 g/mol. The monoisotopic (exact) mass is 334 g/mol. The summed E-state index contributed by atoms with van der Waals surface area (Å²) in [5.74, 6) is 0. The highest BCUT2D eigenvalue weighted by Gasteiger charge is 2.45. The molecule has 0 aromatic heterocycles. The molecule has 0 radical (unpaired) electrons. The Bertz CT molecular complexity index is 555. The van der Waals surface area contributed by atoms with Crippen molar-refractivity contribution in [3.05, 3.63) is 46.4 Å². The van der Waals surface area contributed by atoms with Gasteiger partial charge in [-0.2, -0.15) is 0 Å². The lowest BCUT2D eigenvalue weighted by Crippen LogP contribution is -2.45. The van der Waals surface area contributed by atoms with Crippen LogP contribution in [0.4, 0.5) is 0 Å². The smallest absolute Gasteiger partial charge is 0.186 e. The predicted molar refractivity (Wildman–Crippen MR) is 103 cm³/mol. The van der Waals surface area contributed by atoms with E-state index in [1.54, 1.807) is 0 Å². The average molecular weight is 335 g/mol. The van der Waals surface area contributed by atoms with Gasteiger partial charge in [-0.15, -0.1) is 0 Å². The fraction of sp³-hybridized carbons (Fsp3) is 0.579. The van der Waals surface area contributed by atoms with Crippen LogP contribution in [0.1, 0.15) is 40.5 Å². The second kappa shape index (κ2) is 6.18. The minimum Gasteiger partial charge on any atom is -0.399 e. The maximum absolute atomic E-state index is 6.83. The molecule has 0 N–H and O–H groups in total. The van der Waals surface area contributed by atoms with Gasteiger partial charge >= 0.3 is 0 Å². The zero-order valence-electron chi connectivity index (χ0n) is 15.1. The number of hydrogen-bond acceptors (Lipinski definition) is 2. The van der Waals surface area contributed by atoms with Crippen molar-refractivity contribution in [2.75, 3.05) is 0 Å². The molecule has 2 aliphatic rings. The highest BCUT2D eigenvalue weighted by molar-refractivity contribution is 8.04. The molecule has 122 valence electrons. The summed E-state index contributed by atoms with van der Waals surface area (Å²) in [6.45, 7) is 16.0.